The molecular weight excluding hydrogens is 436 g/mol. The van der Waals surface area contributed by atoms with E-state index in [1.165, 1.54) is 22.1 Å². The third kappa shape index (κ3) is 4.56. The van der Waals surface area contributed by atoms with E-state index in [-0.39, 0.29) is 17.2 Å². The minimum Gasteiger partial charge on any atom is -0.328 e. The Bertz CT molecular complexity index is 1140. The van der Waals surface area contributed by atoms with E-state index in [1.54, 1.807) is 29.3 Å². The zero-order chi connectivity index (χ0) is 22.0. The van der Waals surface area contributed by atoms with Crippen molar-refractivity contribution in [3.63, 3.8) is 0 Å². The van der Waals surface area contributed by atoms with Gasteiger partial charge in [-0.3, -0.25) is 9.59 Å². The number of amides is 1. The lowest BCUT2D eigenvalue weighted by atomic mass is 10.0. The fourth-order valence-electron chi connectivity index (χ4n) is 4.04. The van der Waals surface area contributed by atoms with E-state index in [1.807, 2.05) is 11.5 Å². The molecule has 4 rings (SSSR count). The maximum Gasteiger partial charge on any atom is 0.273 e. The smallest absolute Gasteiger partial charge is 0.273 e. The predicted molar refractivity (Wildman–Crippen MR) is 120 cm³/mol. The number of anilines is 1. The van der Waals surface area contributed by atoms with E-state index in [0.717, 1.165) is 36.9 Å². The molecular formula is C21H26N4O4S2. The molecule has 2 aliphatic heterocycles. The van der Waals surface area contributed by atoms with Gasteiger partial charge in [0.15, 0.2) is 5.16 Å². The van der Waals surface area contributed by atoms with Crippen LogP contribution in [0.2, 0.25) is 0 Å². The maximum atomic E-state index is 13.0. The number of thioether (sulfide) groups is 1. The molecule has 0 N–H and O–H groups in total. The van der Waals surface area contributed by atoms with Gasteiger partial charge < -0.3 is 9.47 Å². The van der Waals surface area contributed by atoms with Gasteiger partial charge in [-0.25, -0.2) is 8.42 Å². The molecule has 0 radical (unpaired) electrons. The summed E-state index contributed by atoms with van der Waals surface area (Å²) < 4.78 is 29.2. The molecule has 0 spiro atoms. The lowest BCUT2D eigenvalue weighted by Gasteiger charge is -2.30. The molecule has 0 saturated carbocycles. The fraction of sp³-hybridized carbons (Fsp3) is 0.476. The highest BCUT2D eigenvalue weighted by Crippen LogP contribution is 2.32. The number of benzene rings is 1. The van der Waals surface area contributed by atoms with Crippen molar-refractivity contribution in [1.82, 2.24) is 13.9 Å². The molecule has 1 amide bonds. The SMILES string of the molecule is CCn1ccc(=O)nc1SCC(=O)N1CCCc2cc(S(=O)(=O)N3CCCC3)ccc21. The minimum absolute atomic E-state index is 0.0816. The second-order valence-electron chi connectivity index (χ2n) is 7.67. The standard InChI is InChI=1S/C21H26N4O4S2/c1-2-23-13-9-19(26)22-21(23)30-15-20(27)25-12-5-6-16-14-17(7-8-18(16)25)31(28,29)24-10-3-4-11-24/h7-9,13-14H,2-6,10-12,15H2,1H3. The Morgan fingerprint density at radius 1 is 1.13 bits per heavy atom. The highest BCUT2D eigenvalue weighted by Gasteiger charge is 2.29. The summed E-state index contributed by atoms with van der Waals surface area (Å²) in [6.45, 7) is 4.33. The van der Waals surface area contributed by atoms with Crippen LogP contribution in [0.4, 0.5) is 5.69 Å². The fourth-order valence-corrected chi connectivity index (χ4v) is 6.53. The molecule has 10 heteroatoms. The van der Waals surface area contributed by atoms with Gasteiger partial charge in [-0.2, -0.15) is 9.29 Å². The molecule has 2 aromatic rings. The van der Waals surface area contributed by atoms with Crippen LogP contribution < -0.4 is 10.5 Å². The van der Waals surface area contributed by atoms with Gasteiger partial charge in [-0.1, -0.05) is 11.8 Å². The highest BCUT2D eigenvalue weighted by atomic mass is 32.2. The third-order valence-electron chi connectivity index (χ3n) is 5.69. The average Bonchev–Trinajstić information content (AvgIpc) is 3.32. The monoisotopic (exact) mass is 462 g/mol. The van der Waals surface area contributed by atoms with Crippen LogP contribution in [0, 0.1) is 0 Å². The van der Waals surface area contributed by atoms with Crippen molar-refractivity contribution < 1.29 is 13.2 Å². The number of aryl methyl sites for hydroxylation is 2. The van der Waals surface area contributed by atoms with Crippen molar-refractivity contribution >= 4 is 33.4 Å². The second kappa shape index (κ2) is 9.13. The Morgan fingerprint density at radius 2 is 1.90 bits per heavy atom. The highest BCUT2D eigenvalue weighted by molar-refractivity contribution is 7.99. The van der Waals surface area contributed by atoms with Gasteiger partial charge in [0.1, 0.15) is 0 Å². The first-order valence-electron chi connectivity index (χ1n) is 10.5. The number of nitrogens with zero attached hydrogens (tertiary/aromatic N) is 4. The molecule has 31 heavy (non-hydrogen) atoms. The molecule has 3 heterocycles. The lowest BCUT2D eigenvalue weighted by molar-refractivity contribution is -0.116. The Balaban J connectivity index is 1.52. The Hall–Kier alpha value is -2.17. The second-order valence-corrected chi connectivity index (χ2v) is 10.6. The quantitative estimate of drug-likeness (QED) is 0.482. The Kier molecular flexibility index (Phi) is 6.49. The molecule has 1 aromatic carbocycles. The first-order valence-corrected chi connectivity index (χ1v) is 13.0. The molecule has 8 nitrogen and oxygen atoms in total. The molecule has 1 saturated heterocycles. The van der Waals surface area contributed by atoms with Gasteiger partial charge in [-0.15, -0.1) is 0 Å². The number of aromatic nitrogens is 2. The van der Waals surface area contributed by atoms with Crippen LogP contribution in [0.1, 0.15) is 31.7 Å². The van der Waals surface area contributed by atoms with Crippen molar-refractivity contribution in [3.8, 4) is 0 Å². The van der Waals surface area contributed by atoms with E-state index >= 15 is 0 Å². The summed E-state index contributed by atoms with van der Waals surface area (Å²) in [6, 6.07) is 6.49. The van der Waals surface area contributed by atoms with Crippen LogP contribution in [0.25, 0.3) is 0 Å². The van der Waals surface area contributed by atoms with Crippen LogP contribution in [0.3, 0.4) is 0 Å². The summed E-state index contributed by atoms with van der Waals surface area (Å²) in [6.07, 6.45) is 4.99. The van der Waals surface area contributed by atoms with Crippen molar-refractivity contribution in [2.45, 2.75) is 49.2 Å². The van der Waals surface area contributed by atoms with Crippen LogP contribution >= 0.6 is 11.8 Å². The van der Waals surface area contributed by atoms with Gasteiger partial charge in [0.2, 0.25) is 15.9 Å². The predicted octanol–water partition coefficient (Wildman–Crippen LogP) is 2.12. The van der Waals surface area contributed by atoms with Crippen molar-refractivity contribution in [3.05, 3.63) is 46.4 Å². The molecule has 1 aromatic heterocycles. The Morgan fingerprint density at radius 3 is 2.65 bits per heavy atom. The number of hydrogen-bond donors (Lipinski definition) is 0. The molecule has 1 fully saturated rings. The first kappa shape index (κ1) is 22.0. The first-order chi connectivity index (χ1) is 14.9. The van der Waals surface area contributed by atoms with Crippen molar-refractivity contribution in [2.24, 2.45) is 0 Å². The van der Waals surface area contributed by atoms with Gasteiger partial charge in [-0.05, 0) is 56.4 Å². The summed E-state index contributed by atoms with van der Waals surface area (Å²) in [5.74, 6) is 0.0749. The Labute approximate surface area is 186 Å². The summed E-state index contributed by atoms with van der Waals surface area (Å²) in [5, 5.41) is 0.521. The van der Waals surface area contributed by atoms with Crippen LogP contribution in [-0.4, -0.2) is 53.6 Å². The minimum atomic E-state index is -3.48. The average molecular weight is 463 g/mol. The maximum absolute atomic E-state index is 13.0. The zero-order valence-corrected chi connectivity index (χ0v) is 19.1. The summed E-state index contributed by atoms with van der Waals surface area (Å²) in [5.41, 5.74) is 1.33. The lowest BCUT2D eigenvalue weighted by Crippen LogP contribution is -2.37. The van der Waals surface area contributed by atoms with Gasteiger partial charge >= 0.3 is 0 Å². The molecule has 0 aliphatic carbocycles. The van der Waals surface area contributed by atoms with Crippen molar-refractivity contribution in [2.75, 3.05) is 30.3 Å². The van der Waals surface area contributed by atoms with Gasteiger partial charge in [0, 0.05) is 44.1 Å². The third-order valence-corrected chi connectivity index (χ3v) is 8.56. The summed E-state index contributed by atoms with van der Waals surface area (Å²) >= 11 is 1.24. The molecule has 0 bridgehead atoms. The number of carbonyl (C=O) groups is 1. The summed E-state index contributed by atoms with van der Waals surface area (Å²) in [4.78, 5) is 30.6. The number of sulfonamides is 1. The van der Waals surface area contributed by atoms with E-state index in [4.69, 9.17) is 0 Å². The topological polar surface area (TPSA) is 92.6 Å². The van der Waals surface area contributed by atoms with E-state index in [9.17, 15) is 18.0 Å². The van der Waals surface area contributed by atoms with Crippen LogP contribution in [0.15, 0.2) is 45.3 Å². The van der Waals surface area contributed by atoms with Gasteiger partial charge in [0.25, 0.3) is 5.56 Å². The number of rotatable bonds is 6. The molecule has 0 unspecified atom stereocenters. The summed E-state index contributed by atoms with van der Waals surface area (Å²) in [7, 11) is -3.48. The van der Waals surface area contributed by atoms with E-state index in [2.05, 4.69) is 4.98 Å². The van der Waals surface area contributed by atoms with E-state index < -0.39 is 10.0 Å². The molecule has 166 valence electrons. The largest absolute Gasteiger partial charge is 0.328 e. The number of carbonyl (C=O) groups excluding carboxylic acids is 1. The molecule has 0 atom stereocenters. The van der Waals surface area contributed by atoms with Crippen molar-refractivity contribution in [1.29, 1.82) is 0 Å². The zero-order valence-electron chi connectivity index (χ0n) is 17.5. The number of fused-ring (bicyclic) bond motifs is 1. The van der Waals surface area contributed by atoms with E-state index in [0.29, 0.717) is 36.2 Å². The normalized spacial score (nSPS) is 17.0. The van der Waals surface area contributed by atoms with Gasteiger partial charge in [0.05, 0.1) is 10.6 Å². The molecule has 2 aliphatic rings. The van der Waals surface area contributed by atoms with Crippen LogP contribution in [0.5, 0.6) is 0 Å². The van der Waals surface area contributed by atoms with Crippen LogP contribution in [-0.2, 0) is 27.8 Å². The number of hydrogen-bond acceptors (Lipinski definition) is 6.